The lowest BCUT2D eigenvalue weighted by Gasteiger charge is -2.31. The molecule has 0 unspecified atom stereocenters. The highest BCUT2D eigenvalue weighted by Crippen LogP contribution is 2.49. The van der Waals surface area contributed by atoms with Crippen LogP contribution in [-0.4, -0.2) is 0 Å². The Kier molecular flexibility index (Phi) is 9.10. The van der Waals surface area contributed by atoms with Gasteiger partial charge >= 0.3 is 0 Å². The maximum absolute atomic E-state index is 6.97. The highest BCUT2D eigenvalue weighted by Gasteiger charge is 2.26. The van der Waals surface area contributed by atoms with E-state index in [0.29, 0.717) is 0 Å². The van der Waals surface area contributed by atoms with E-state index in [0.717, 1.165) is 111 Å². The first-order valence-corrected chi connectivity index (χ1v) is 22.7. The van der Waals surface area contributed by atoms with Crippen molar-refractivity contribution in [3.8, 4) is 0 Å². The molecule has 0 bridgehead atoms. The Morgan fingerprint density at radius 2 is 0.642 bits per heavy atom. The average molecular weight is 860 g/mol. The molecule has 0 saturated carbocycles. The van der Waals surface area contributed by atoms with Crippen molar-refractivity contribution in [3.63, 3.8) is 0 Å². The molecular formula is C62H41N3O2. The van der Waals surface area contributed by atoms with Crippen molar-refractivity contribution < 1.29 is 8.83 Å². The summed E-state index contributed by atoms with van der Waals surface area (Å²) in [4.78, 5) is 7.02. The second kappa shape index (κ2) is 15.9. The quantitative estimate of drug-likeness (QED) is 0.135. The second-order valence-electron chi connectivity index (χ2n) is 16.9. The van der Waals surface area contributed by atoms with Gasteiger partial charge in [-0.05, 0) is 119 Å². The number of nitrogens with zero attached hydrogens (tertiary/aromatic N) is 3. The van der Waals surface area contributed by atoms with E-state index in [1.807, 2.05) is 12.1 Å². The Morgan fingerprint density at radius 1 is 0.224 bits per heavy atom. The second-order valence-corrected chi connectivity index (χ2v) is 16.9. The van der Waals surface area contributed by atoms with Crippen LogP contribution < -0.4 is 14.7 Å². The Balaban J connectivity index is 1.08. The maximum atomic E-state index is 6.97. The normalized spacial score (nSPS) is 11.6. The molecular weight excluding hydrogens is 819 g/mol. The molecule has 11 aromatic carbocycles. The topological polar surface area (TPSA) is 36.0 Å². The molecule has 2 aromatic heterocycles. The zero-order valence-electron chi connectivity index (χ0n) is 36.3. The number of anilines is 9. The Hall–Kier alpha value is -9.06. The largest absolute Gasteiger partial charge is 0.455 e. The summed E-state index contributed by atoms with van der Waals surface area (Å²) in [6, 6.07) is 87.9. The lowest BCUT2D eigenvalue weighted by atomic mass is 9.96. The van der Waals surface area contributed by atoms with Crippen LogP contribution in [0.25, 0.3) is 65.4 Å². The Bertz CT molecular complexity index is 3900. The Morgan fingerprint density at radius 3 is 1.27 bits per heavy atom. The molecule has 5 heteroatoms. The highest BCUT2D eigenvalue weighted by atomic mass is 16.3. The fourth-order valence-electron chi connectivity index (χ4n) is 10.0. The molecule has 5 nitrogen and oxygen atoms in total. The van der Waals surface area contributed by atoms with Crippen LogP contribution in [-0.2, 0) is 0 Å². The first-order valence-electron chi connectivity index (χ1n) is 22.7. The third-order valence-electron chi connectivity index (χ3n) is 12.9. The number of hydrogen-bond acceptors (Lipinski definition) is 5. The van der Waals surface area contributed by atoms with Crippen LogP contribution in [0.2, 0.25) is 0 Å². The lowest BCUT2D eigenvalue weighted by molar-refractivity contribution is 0.669. The van der Waals surface area contributed by atoms with Crippen LogP contribution in [0.3, 0.4) is 0 Å². The standard InChI is InChI=1S/C62H41N3O2/c1-5-20-42(21-6-1)63(43-22-7-2-8-23-43)46-28-19-29-47(38-46)65(45-26-11-4-12-27-45)57-41-49(40-56-52-31-15-17-34-58(52)66-61(56)57)64(44-24-9-3-10-25-44)48-36-37-51-50-30-13-14-32-53(50)62-60(55(51)39-48)54-33-16-18-35-59(54)67-62/h1-41H. The van der Waals surface area contributed by atoms with Gasteiger partial charge in [0.2, 0.25) is 0 Å². The number of benzene rings is 11. The van der Waals surface area contributed by atoms with Crippen molar-refractivity contribution >= 4 is 117 Å². The summed E-state index contributed by atoms with van der Waals surface area (Å²) >= 11 is 0. The van der Waals surface area contributed by atoms with E-state index in [1.54, 1.807) is 0 Å². The summed E-state index contributed by atoms with van der Waals surface area (Å²) in [6.45, 7) is 0. The van der Waals surface area contributed by atoms with Crippen LogP contribution in [0.4, 0.5) is 51.2 Å². The molecule has 316 valence electrons. The molecule has 0 aliphatic rings. The summed E-state index contributed by atoms with van der Waals surface area (Å²) in [5, 5.41) is 8.87. The van der Waals surface area contributed by atoms with Crippen LogP contribution in [0.15, 0.2) is 258 Å². The molecule has 0 N–H and O–H groups in total. The predicted molar refractivity (Wildman–Crippen MR) is 280 cm³/mol. The van der Waals surface area contributed by atoms with E-state index >= 15 is 0 Å². The maximum Gasteiger partial charge on any atom is 0.159 e. The minimum atomic E-state index is 0.798. The summed E-state index contributed by atoms with van der Waals surface area (Å²) in [5.41, 5.74) is 12.5. The molecule has 13 aromatic rings. The van der Waals surface area contributed by atoms with Gasteiger partial charge < -0.3 is 23.5 Å². The fourth-order valence-corrected chi connectivity index (χ4v) is 10.0. The molecule has 0 aliphatic carbocycles. The van der Waals surface area contributed by atoms with Crippen molar-refractivity contribution in [2.24, 2.45) is 0 Å². The molecule has 0 atom stereocenters. The minimum absolute atomic E-state index is 0.798. The van der Waals surface area contributed by atoms with Gasteiger partial charge in [0.1, 0.15) is 16.7 Å². The number of para-hydroxylation sites is 6. The van der Waals surface area contributed by atoms with Gasteiger partial charge in [-0.15, -0.1) is 0 Å². The fraction of sp³-hybridized carbons (Fsp3) is 0. The summed E-state index contributed by atoms with van der Waals surface area (Å²) in [7, 11) is 0. The van der Waals surface area contributed by atoms with Crippen LogP contribution >= 0.6 is 0 Å². The van der Waals surface area contributed by atoms with Crippen molar-refractivity contribution in [3.05, 3.63) is 249 Å². The monoisotopic (exact) mass is 859 g/mol. The van der Waals surface area contributed by atoms with Gasteiger partial charge in [-0.2, -0.15) is 0 Å². The van der Waals surface area contributed by atoms with E-state index in [-0.39, 0.29) is 0 Å². The lowest BCUT2D eigenvalue weighted by Crippen LogP contribution is -2.14. The predicted octanol–water partition coefficient (Wildman–Crippen LogP) is 18.2. The number of rotatable bonds is 9. The minimum Gasteiger partial charge on any atom is -0.455 e. The summed E-state index contributed by atoms with van der Waals surface area (Å²) in [6.07, 6.45) is 0. The van der Waals surface area contributed by atoms with Crippen molar-refractivity contribution in [1.29, 1.82) is 0 Å². The van der Waals surface area contributed by atoms with Gasteiger partial charge in [0.05, 0.1) is 5.69 Å². The van der Waals surface area contributed by atoms with E-state index in [1.165, 1.54) is 5.39 Å². The smallest absolute Gasteiger partial charge is 0.159 e. The van der Waals surface area contributed by atoms with E-state index in [4.69, 9.17) is 8.83 Å². The third kappa shape index (κ3) is 6.47. The highest BCUT2D eigenvalue weighted by molar-refractivity contribution is 6.30. The first kappa shape index (κ1) is 38.4. The number of furan rings is 2. The van der Waals surface area contributed by atoms with Crippen LogP contribution in [0.5, 0.6) is 0 Å². The molecule has 0 radical (unpaired) electrons. The van der Waals surface area contributed by atoms with Gasteiger partial charge in [-0.3, -0.25) is 0 Å². The van der Waals surface area contributed by atoms with E-state index in [2.05, 4.69) is 251 Å². The van der Waals surface area contributed by atoms with Crippen molar-refractivity contribution in [2.45, 2.75) is 0 Å². The van der Waals surface area contributed by atoms with E-state index in [9.17, 15) is 0 Å². The number of fused-ring (bicyclic) bond motifs is 11. The summed E-state index contributed by atoms with van der Waals surface area (Å²) in [5.74, 6) is 0. The van der Waals surface area contributed by atoms with Gasteiger partial charge in [-0.1, -0.05) is 146 Å². The SMILES string of the molecule is c1ccc(N(c2ccccc2)c2cccc(N(c3ccccc3)c3cc(N(c4ccccc4)c4ccc5c6ccccc6c6oc7ccccc7c6c5c4)cc4c3oc3ccccc34)c2)cc1. The average Bonchev–Trinajstić information content (AvgIpc) is 3.98. The molecule has 2 heterocycles. The zero-order chi connectivity index (χ0) is 44.3. The zero-order valence-corrected chi connectivity index (χ0v) is 36.3. The van der Waals surface area contributed by atoms with Gasteiger partial charge in [0.25, 0.3) is 0 Å². The van der Waals surface area contributed by atoms with Gasteiger partial charge in [0.15, 0.2) is 5.58 Å². The van der Waals surface area contributed by atoms with Crippen molar-refractivity contribution in [1.82, 2.24) is 0 Å². The summed E-state index contributed by atoms with van der Waals surface area (Å²) < 4.78 is 13.7. The molecule has 0 aliphatic heterocycles. The van der Waals surface area contributed by atoms with Gasteiger partial charge in [-0.25, -0.2) is 0 Å². The molecule has 0 spiro atoms. The molecule has 0 saturated heterocycles. The third-order valence-corrected chi connectivity index (χ3v) is 12.9. The van der Waals surface area contributed by atoms with Gasteiger partial charge in [0, 0.05) is 72.4 Å². The molecule has 0 fully saturated rings. The molecule has 13 rings (SSSR count). The van der Waals surface area contributed by atoms with Crippen molar-refractivity contribution in [2.75, 3.05) is 14.7 Å². The van der Waals surface area contributed by atoms with Crippen LogP contribution in [0.1, 0.15) is 0 Å². The molecule has 67 heavy (non-hydrogen) atoms. The number of hydrogen-bond donors (Lipinski definition) is 0. The van der Waals surface area contributed by atoms with Crippen LogP contribution in [0, 0.1) is 0 Å². The first-order chi connectivity index (χ1) is 33.2. The van der Waals surface area contributed by atoms with E-state index < -0.39 is 0 Å². The molecule has 0 amide bonds. The Labute approximate surface area is 387 Å².